The molecule has 8 aromatic rings. The molecule has 5 heteroatoms. The van der Waals surface area contributed by atoms with E-state index in [0.717, 1.165) is 0 Å². The molecule has 0 spiro atoms. The molecular formula is C53H46Cl2SSiZr-2. The number of fused-ring (bicyclic) bond motifs is 5. The molecule has 1 aliphatic heterocycles. The van der Waals surface area contributed by atoms with Crippen LogP contribution in [-0.2, 0) is 23.3 Å². The third kappa shape index (κ3) is 9.01. The van der Waals surface area contributed by atoms with Gasteiger partial charge >= 0.3 is 41.9 Å². The fourth-order valence-corrected chi connectivity index (χ4v) is 9.32. The Morgan fingerprint density at radius 3 is 1.67 bits per heavy atom. The summed E-state index contributed by atoms with van der Waals surface area (Å²) in [6.07, 6.45) is 5.97. The summed E-state index contributed by atoms with van der Waals surface area (Å²) in [5, 5.41) is 11.0. The summed E-state index contributed by atoms with van der Waals surface area (Å²) in [6, 6.07) is 55.2. The summed E-state index contributed by atoms with van der Waals surface area (Å²) in [5.74, 6) is 0.537. The molecule has 0 radical (unpaired) electrons. The van der Waals surface area contributed by atoms with Crippen LogP contribution < -0.4 is 24.8 Å². The van der Waals surface area contributed by atoms with E-state index in [0.29, 0.717) is 11.2 Å². The Morgan fingerprint density at radius 1 is 0.621 bits per heavy atom. The van der Waals surface area contributed by atoms with Crippen molar-refractivity contribution in [3.63, 3.8) is 0 Å². The number of allylic oxidation sites excluding steroid dienone is 4. The van der Waals surface area contributed by atoms with Crippen LogP contribution in [0.1, 0.15) is 31.9 Å². The Kier molecular flexibility index (Phi) is 14.4. The number of thioether (sulfide) groups is 1. The van der Waals surface area contributed by atoms with Gasteiger partial charge in [-0.05, 0) is 61.8 Å². The normalized spacial score (nSPS) is 14.3. The minimum Gasteiger partial charge on any atom is -1.00 e. The van der Waals surface area contributed by atoms with Gasteiger partial charge in [-0.1, -0.05) is 171 Å². The summed E-state index contributed by atoms with van der Waals surface area (Å²) < 4.78 is 0. The molecule has 288 valence electrons. The quantitative estimate of drug-likeness (QED) is 0.126. The minimum atomic E-state index is 0. The van der Waals surface area contributed by atoms with E-state index in [1.54, 1.807) is 23.3 Å². The molecule has 0 saturated heterocycles. The average molecular weight is 905 g/mol. The Bertz CT molecular complexity index is 2870. The molecule has 1 aliphatic carbocycles. The standard InChI is InChI=1S/C30H21.C21H19S.C2H6Si.2ClH.Zr/c1-20-16-23-18-24(27-14-6-10-21-8-2-4-12-25(21)27)19-30(29(23)17-20)28-15-7-11-22-9-3-5-13-26(22)28;1-13(2)16-11-19-20(12-16)22-14(3)21(19)18-10-6-8-15-7-4-5-9-17(15)18;1-3-2;;;/h2-19H,1H3;4-11,13-14H,1-3H3;1-2H3;2*1H;/q2*-1;;;;+2/p-2. The summed E-state index contributed by atoms with van der Waals surface area (Å²) in [7, 11) is 0. The van der Waals surface area contributed by atoms with Gasteiger partial charge in [-0.15, -0.1) is 45.1 Å². The number of hydrogen-bond donors (Lipinski definition) is 0. The molecule has 0 amide bonds. The van der Waals surface area contributed by atoms with E-state index >= 15 is 0 Å². The Balaban J connectivity index is 0.000000180. The van der Waals surface area contributed by atoms with Crippen molar-refractivity contribution in [2.24, 2.45) is 5.92 Å². The van der Waals surface area contributed by atoms with E-state index in [-0.39, 0.29) is 30.2 Å². The molecule has 58 heavy (non-hydrogen) atoms. The summed E-state index contributed by atoms with van der Waals surface area (Å²) in [5.41, 5.74) is 12.3. The van der Waals surface area contributed by atoms with Crippen molar-refractivity contribution < 1.29 is 48.1 Å². The minimum absolute atomic E-state index is 0. The fourth-order valence-electron chi connectivity index (χ4n) is 8.13. The molecule has 0 N–H and O–H groups in total. The average Bonchev–Trinajstić information content (AvgIpc) is 3.88. The molecule has 10 rings (SSSR count). The van der Waals surface area contributed by atoms with E-state index in [1.165, 1.54) is 98.1 Å². The van der Waals surface area contributed by atoms with Gasteiger partial charge in [-0.3, -0.25) is 0 Å². The maximum absolute atomic E-state index is 3.61. The van der Waals surface area contributed by atoms with Crippen LogP contribution in [0.4, 0.5) is 0 Å². The zero-order chi connectivity index (χ0) is 38.9. The molecule has 1 unspecified atom stereocenters. The van der Waals surface area contributed by atoms with Gasteiger partial charge < -0.3 is 24.8 Å². The van der Waals surface area contributed by atoms with Crippen LogP contribution in [0.2, 0.25) is 13.1 Å². The maximum atomic E-state index is 3.61. The second kappa shape index (κ2) is 19.1. The Hall–Kier alpha value is -3.82. The van der Waals surface area contributed by atoms with Gasteiger partial charge in [-0.2, -0.15) is 23.3 Å². The third-order valence-electron chi connectivity index (χ3n) is 10.6. The largest absolute Gasteiger partial charge is 1.00 e. The van der Waals surface area contributed by atoms with Crippen molar-refractivity contribution in [3.05, 3.63) is 191 Å². The van der Waals surface area contributed by atoms with Crippen molar-refractivity contribution >= 4 is 65.9 Å². The zero-order valence-corrected chi connectivity index (χ0v) is 39.6. The van der Waals surface area contributed by atoms with E-state index in [1.807, 2.05) is 11.8 Å². The third-order valence-corrected chi connectivity index (χ3v) is 11.8. The molecule has 8 aromatic carbocycles. The molecular weight excluding hydrogens is 859 g/mol. The predicted molar refractivity (Wildman–Crippen MR) is 245 cm³/mol. The number of hydrogen-bond acceptors (Lipinski definition) is 1. The number of halogens is 2. The first-order valence-corrected chi connectivity index (χ1v) is 26.7. The van der Waals surface area contributed by atoms with Crippen molar-refractivity contribution in [1.29, 1.82) is 0 Å². The molecule has 1 heterocycles. The first-order valence-electron chi connectivity index (χ1n) is 19.6. The molecule has 1 atom stereocenters. The first-order chi connectivity index (χ1) is 27.2. The van der Waals surface area contributed by atoms with Gasteiger partial charge in [-0.25, -0.2) is 6.08 Å². The van der Waals surface area contributed by atoms with E-state index in [9.17, 15) is 0 Å². The maximum Gasteiger partial charge on any atom is -0.0114 e. The smallest absolute Gasteiger partial charge is 0.0114 e. The SMILES string of the molecule is CC(C)C1=CC2=C(c3cccc4ccccc34)C(C)SC2=[C-]1.C[Si](C)=[Zr+2].Cc1cc2c(-c3cccc4ccccc34)cc(-c3cccc4ccccc34)cc2[cH-]1.[Cl-].[Cl-]. The van der Waals surface area contributed by atoms with E-state index in [4.69, 9.17) is 0 Å². The predicted octanol–water partition coefficient (Wildman–Crippen LogP) is 9.31. The van der Waals surface area contributed by atoms with Crippen LogP contribution in [0.3, 0.4) is 0 Å². The number of aryl methyl sites for hydroxylation is 1. The van der Waals surface area contributed by atoms with E-state index in [2.05, 4.69) is 205 Å². The second-order valence-electron chi connectivity index (χ2n) is 15.4. The van der Waals surface area contributed by atoms with Crippen molar-refractivity contribution in [2.45, 2.75) is 46.0 Å². The van der Waals surface area contributed by atoms with Gasteiger partial charge in [0.05, 0.1) is 0 Å². The topological polar surface area (TPSA) is 0 Å². The molecule has 0 nitrogen and oxygen atoms in total. The number of benzene rings is 7. The van der Waals surface area contributed by atoms with Crippen LogP contribution in [0.25, 0.3) is 70.9 Å². The number of rotatable bonds is 4. The molecule has 0 bridgehead atoms. The molecule has 0 aromatic heterocycles. The Morgan fingerprint density at radius 2 is 1.10 bits per heavy atom. The summed E-state index contributed by atoms with van der Waals surface area (Å²) >= 11 is 3.69. The van der Waals surface area contributed by atoms with Gasteiger partial charge in [0, 0.05) is 5.25 Å². The molecule has 0 fully saturated rings. The summed E-state index contributed by atoms with van der Waals surface area (Å²) in [4.78, 5) is 1.33. The van der Waals surface area contributed by atoms with Crippen molar-refractivity contribution in [3.8, 4) is 22.3 Å². The van der Waals surface area contributed by atoms with Crippen molar-refractivity contribution in [2.75, 3.05) is 0 Å². The summed E-state index contributed by atoms with van der Waals surface area (Å²) in [6.45, 7) is 13.6. The van der Waals surface area contributed by atoms with Gasteiger partial charge in [0.2, 0.25) is 0 Å². The van der Waals surface area contributed by atoms with Crippen LogP contribution >= 0.6 is 11.8 Å². The Labute approximate surface area is 376 Å². The van der Waals surface area contributed by atoms with Gasteiger partial charge in [0.15, 0.2) is 0 Å². The molecule has 0 saturated carbocycles. The molecule has 2 aliphatic rings. The van der Waals surface area contributed by atoms with Crippen LogP contribution in [-0.4, -0.2) is 10.7 Å². The second-order valence-corrected chi connectivity index (χ2v) is 26.2. The van der Waals surface area contributed by atoms with Crippen molar-refractivity contribution in [1.82, 2.24) is 0 Å². The zero-order valence-electron chi connectivity index (χ0n) is 33.8. The van der Waals surface area contributed by atoms with Gasteiger partial charge in [0.25, 0.3) is 0 Å². The fraction of sp³-hybridized carbons (Fsp3) is 0.151. The van der Waals surface area contributed by atoms with Crippen LogP contribution in [0, 0.1) is 18.9 Å². The van der Waals surface area contributed by atoms with Crippen LogP contribution in [0.5, 0.6) is 0 Å². The van der Waals surface area contributed by atoms with E-state index < -0.39 is 0 Å². The first kappa shape index (κ1) is 43.8. The van der Waals surface area contributed by atoms with Gasteiger partial charge in [0.1, 0.15) is 0 Å². The van der Waals surface area contributed by atoms with Crippen LogP contribution in [0.15, 0.2) is 174 Å². The monoisotopic (exact) mass is 902 g/mol.